The van der Waals surface area contributed by atoms with Gasteiger partial charge in [0.1, 0.15) is 5.75 Å². The van der Waals surface area contributed by atoms with Crippen LogP contribution in [0.2, 0.25) is 0 Å². The number of rotatable bonds is 5. The van der Waals surface area contributed by atoms with Gasteiger partial charge in [0.15, 0.2) is 6.61 Å². The summed E-state index contributed by atoms with van der Waals surface area (Å²) in [7, 11) is 0. The summed E-state index contributed by atoms with van der Waals surface area (Å²) >= 11 is 0. The van der Waals surface area contributed by atoms with Crippen LogP contribution in [0.5, 0.6) is 5.75 Å². The topological polar surface area (TPSA) is 87.7 Å². The lowest BCUT2D eigenvalue weighted by Gasteiger charge is -2.15. The molecule has 1 aromatic rings. The molecule has 1 aromatic carbocycles. The summed E-state index contributed by atoms with van der Waals surface area (Å²) in [5, 5.41) is 14.5. The van der Waals surface area contributed by atoms with Crippen molar-refractivity contribution < 1.29 is 19.4 Å². The first-order chi connectivity index (χ1) is 9.56. The molecule has 1 saturated heterocycles. The molecule has 1 aliphatic heterocycles. The highest BCUT2D eigenvalue weighted by Gasteiger charge is 2.29. The van der Waals surface area contributed by atoms with Gasteiger partial charge < -0.3 is 20.5 Å². The smallest absolute Gasteiger partial charge is 0.341 e. The van der Waals surface area contributed by atoms with E-state index in [4.69, 9.17) is 9.84 Å². The monoisotopic (exact) mass is 278 g/mol. The molecule has 2 atom stereocenters. The SMILES string of the molecule is CC1CCNC1C(=O)Nc1ccc(OCC(=O)O)cc1. The van der Waals surface area contributed by atoms with Crippen molar-refractivity contribution in [3.63, 3.8) is 0 Å². The van der Waals surface area contributed by atoms with Crippen LogP contribution < -0.4 is 15.4 Å². The van der Waals surface area contributed by atoms with Crippen LogP contribution in [0, 0.1) is 5.92 Å². The number of carboxylic acids is 1. The lowest BCUT2D eigenvalue weighted by atomic mass is 10.0. The number of nitrogens with one attached hydrogen (secondary N) is 2. The molecule has 6 nitrogen and oxygen atoms in total. The molecule has 108 valence electrons. The van der Waals surface area contributed by atoms with Gasteiger partial charge in [-0.15, -0.1) is 0 Å². The van der Waals surface area contributed by atoms with Crippen molar-refractivity contribution in [3.8, 4) is 5.75 Å². The van der Waals surface area contributed by atoms with Crippen LogP contribution in [-0.4, -0.2) is 36.2 Å². The molecule has 1 amide bonds. The summed E-state index contributed by atoms with van der Waals surface area (Å²) in [4.78, 5) is 22.4. The molecule has 20 heavy (non-hydrogen) atoms. The largest absolute Gasteiger partial charge is 0.482 e. The Balaban J connectivity index is 1.90. The summed E-state index contributed by atoms with van der Waals surface area (Å²) in [6.45, 7) is 2.53. The Morgan fingerprint density at radius 3 is 2.65 bits per heavy atom. The van der Waals surface area contributed by atoms with Gasteiger partial charge in [-0.1, -0.05) is 6.92 Å². The normalized spacial score (nSPS) is 21.4. The van der Waals surface area contributed by atoms with Crippen molar-refractivity contribution in [2.24, 2.45) is 5.92 Å². The molecule has 0 aliphatic carbocycles. The van der Waals surface area contributed by atoms with E-state index >= 15 is 0 Å². The minimum absolute atomic E-state index is 0.0470. The second kappa shape index (κ2) is 6.38. The first-order valence-corrected chi connectivity index (χ1v) is 6.55. The first-order valence-electron chi connectivity index (χ1n) is 6.55. The number of hydrogen-bond donors (Lipinski definition) is 3. The predicted octanol–water partition coefficient (Wildman–Crippen LogP) is 1.09. The number of anilines is 1. The Hall–Kier alpha value is -2.08. The van der Waals surface area contributed by atoms with Gasteiger partial charge in [0, 0.05) is 5.69 Å². The third-order valence-corrected chi connectivity index (χ3v) is 3.30. The van der Waals surface area contributed by atoms with Gasteiger partial charge in [-0.25, -0.2) is 4.79 Å². The van der Waals surface area contributed by atoms with E-state index in [0.717, 1.165) is 13.0 Å². The van der Waals surface area contributed by atoms with E-state index in [-0.39, 0.29) is 18.6 Å². The van der Waals surface area contributed by atoms with Crippen LogP contribution in [0.15, 0.2) is 24.3 Å². The van der Waals surface area contributed by atoms with E-state index in [9.17, 15) is 9.59 Å². The van der Waals surface area contributed by atoms with E-state index < -0.39 is 5.97 Å². The maximum Gasteiger partial charge on any atom is 0.341 e. The molecule has 0 spiro atoms. The van der Waals surface area contributed by atoms with Crippen molar-refractivity contribution >= 4 is 17.6 Å². The molecular weight excluding hydrogens is 260 g/mol. The molecule has 0 radical (unpaired) electrons. The lowest BCUT2D eigenvalue weighted by Crippen LogP contribution is -2.39. The average Bonchev–Trinajstić information content (AvgIpc) is 2.84. The van der Waals surface area contributed by atoms with Gasteiger partial charge in [-0.3, -0.25) is 4.79 Å². The zero-order valence-corrected chi connectivity index (χ0v) is 11.3. The van der Waals surface area contributed by atoms with Crippen LogP contribution in [0.3, 0.4) is 0 Å². The minimum atomic E-state index is -1.02. The van der Waals surface area contributed by atoms with E-state index in [0.29, 0.717) is 17.4 Å². The van der Waals surface area contributed by atoms with Crippen LogP contribution in [-0.2, 0) is 9.59 Å². The Kier molecular flexibility index (Phi) is 4.57. The van der Waals surface area contributed by atoms with Gasteiger partial charge in [0.2, 0.25) is 5.91 Å². The van der Waals surface area contributed by atoms with Crippen molar-refractivity contribution in [2.75, 3.05) is 18.5 Å². The summed E-state index contributed by atoms with van der Waals surface area (Å²) < 4.78 is 5.02. The highest BCUT2D eigenvalue weighted by Crippen LogP contribution is 2.19. The maximum absolute atomic E-state index is 12.0. The standard InChI is InChI=1S/C14H18N2O4/c1-9-6-7-15-13(9)14(19)16-10-2-4-11(5-3-10)20-8-12(17)18/h2-5,9,13,15H,6-8H2,1H3,(H,16,19)(H,17,18). The number of hydrogen-bond acceptors (Lipinski definition) is 4. The second-order valence-electron chi connectivity index (χ2n) is 4.89. The third-order valence-electron chi connectivity index (χ3n) is 3.30. The summed E-state index contributed by atoms with van der Waals surface area (Å²) in [6, 6.07) is 6.48. The van der Waals surface area contributed by atoms with Crippen LogP contribution in [0.1, 0.15) is 13.3 Å². The molecule has 6 heteroatoms. The van der Waals surface area contributed by atoms with Gasteiger partial charge in [-0.05, 0) is 43.1 Å². The fraction of sp³-hybridized carbons (Fsp3) is 0.429. The van der Waals surface area contributed by atoms with Crippen LogP contribution in [0.25, 0.3) is 0 Å². The molecular formula is C14H18N2O4. The van der Waals surface area contributed by atoms with Crippen molar-refractivity contribution in [2.45, 2.75) is 19.4 Å². The fourth-order valence-corrected chi connectivity index (χ4v) is 2.19. The number of carboxylic acid groups (broad SMARTS) is 1. The number of benzene rings is 1. The fourth-order valence-electron chi connectivity index (χ4n) is 2.19. The summed E-state index contributed by atoms with van der Waals surface area (Å²) in [6.07, 6.45) is 1.00. The van der Waals surface area contributed by atoms with Crippen molar-refractivity contribution in [1.29, 1.82) is 0 Å². The van der Waals surface area contributed by atoms with Gasteiger partial charge >= 0.3 is 5.97 Å². The maximum atomic E-state index is 12.0. The zero-order chi connectivity index (χ0) is 14.5. The highest BCUT2D eigenvalue weighted by molar-refractivity contribution is 5.95. The van der Waals surface area contributed by atoms with Gasteiger partial charge in [0.05, 0.1) is 6.04 Å². The summed E-state index contributed by atoms with van der Waals surface area (Å²) in [5.74, 6) is -0.288. The van der Waals surface area contributed by atoms with Gasteiger partial charge in [-0.2, -0.15) is 0 Å². The average molecular weight is 278 g/mol. The first kappa shape index (κ1) is 14.3. The number of carbonyl (C=O) groups is 2. The van der Waals surface area contributed by atoms with E-state index in [2.05, 4.69) is 10.6 Å². The molecule has 2 rings (SSSR count). The third kappa shape index (κ3) is 3.71. The number of aliphatic carboxylic acids is 1. The Morgan fingerprint density at radius 2 is 2.10 bits per heavy atom. The number of ether oxygens (including phenoxy) is 1. The predicted molar refractivity (Wildman–Crippen MR) is 73.8 cm³/mol. The molecule has 0 bridgehead atoms. The number of amides is 1. The van der Waals surface area contributed by atoms with Crippen molar-refractivity contribution in [1.82, 2.24) is 5.32 Å². The van der Waals surface area contributed by atoms with E-state index in [1.165, 1.54) is 0 Å². The van der Waals surface area contributed by atoms with E-state index in [1.54, 1.807) is 24.3 Å². The molecule has 0 aromatic heterocycles. The molecule has 0 saturated carbocycles. The Morgan fingerprint density at radius 1 is 1.40 bits per heavy atom. The molecule has 1 aliphatic rings. The highest BCUT2D eigenvalue weighted by atomic mass is 16.5. The second-order valence-corrected chi connectivity index (χ2v) is 4.89. The number of carbonyl (C=O) groups excluding carboxylic acids is 1. The Bertz CT molecular complexity index is 486. The minimum Gasteiger partial charge on any atom is -0.482 e. The molecule has 1 fully saturated rings. The van der Waals surface area contributed by atoms with E-state index in [1.807, 2.05) is 6.92 Å². The summed E-state index contributed by atoms with van der Waals surface area (Å²) in [5.41, 5.74) is 0.665. The lowest BCUT2D eigenvalue weighted by molar-refractivity contribution is -0.139. The molecule has 1 heterocycles. The zero-order valence-electron chi connectivity index (χ0n) is 11.3. The van der Waals surface area contributed by atoms with Crippen LogP contribution in [0.4, 0.5) is 5.69 Å². The Labute approximate surface area is 117 Å². The quantitative estimate of drug-likeness (QED) is 0.750. The van der Waals surface area contributed by atoms with Crippen LogP contribution >= 0.6 is 0 Å². The van der Waals surface area contributed by atoms with Crippen molar-refractivity contribution in [3.05, 3.63) is 24.3 Å². The van der Waals surface area contributed by atoms with Gasteiger partial charge in [0.25, 0.3) is 0 Å². The molecule has 2 unspecified atom stereocenters. The molecule has 3 N–H and O–H groups in total.